The molecule has 0 aliphatic carbocycles. The monoisotopic (exact) mass is 297 g/mol. The van der Waals surface area contributed by atoms with E-state index in [9.17, 15) is 9.90 Å². The zero-order valence-corrected chi connectivity index (χ0v) is 11.8. The standard InChI is InChI=1S/C16H15N3O3/c20-16(21)15-14-12(17-9-18-14)5-6-19(15)8-11-7-10-3-1-2-4-13(10)22-11/h1-4,7,9,15H,5-6,8H2,(H,17,18)(H,20,21). The van der Waals surface area contributed by atoms with Gasteiger partial charge in [0.2, 0.25) is 0 Å². The van der Waals surface area contributed by atoms with Crippen LogP contribution in [-0.2, 0) is 17.8 Å². The van der Waals surface area contributed by atoms with Crippen molar-refractivity contribution < 1.29 is 14.3 Å². The first kappa shape index (κ1) is 13.1. The quantitative estimate of drug-likeness (QED) is 0.775. The first-order valence-electron chi connectivity index (χ1n) is 7.19. The van der Waals surface area contributed by atoms with Crippen molar-refractivity contribution in [2.45, 2.75) is 19.0 Å². The lowest BCUT2D eigenvalue weighted by Gasteiger charge is -2.31. The number of nitrogens with zero attached hydrogens (tertiary/aromatic N) is 2. The Hall–Kier alpha value is -2.60. The minimum atomic E-state index is -0.885. The SMILES string of the molecule is O=C(O)C1c2nc[nH]c2CCN1Cc1cc2ccccc2o1. The maximum Gasteiger partial charge on any atom is 0.327 e. The summed E-state index contributed by atoms with van der Waals surface area (Å²) < 4.78 is 5.81. The minimum absolute atomic E-state index is 0.456. The van der Waals surface area contributed by atoms with E-state index in [2.05, 4.69) is 9.97 Å². The van der Waals surface area contributed by atoms with Gasteiger partial charge in [-0.3, -0.25) is 9.69 Å². The summed E-state index contributed by atoms with van der Waals surface area (Å²) in [5, 5.41) is 10.6. The van der Waals surface area contributed by atoms with Gasteiger partial charge < -0.3 is 14.5 Å². The Labute approximate surface area is 126 Å². The predicted molar refractivity (Wildman–Crippen MR) is 79.3 cm³/mol. The van der Waals surface area contributed by atoms with Gasteiger partial charge in [-0.15, -0.1) is 0 Å². The fourth-order valence-corrected chi connectivity index (χ4v) is 3.08. The van der Waals surface area contributed by atoms with Gasteiger partial charge in [0.05, 0.1) is 18.6 Å². The number of hydrogen-bond acceptors (Lipinski definition) is 4. The van der Waals surface area contributed by atoms with Crippen LogP contribution in [0.2, 0.25) is 0 Å². The van der Waals surface area contributed by atoms with Crippen molar-refractivity contribution in [3.63, 3.8) is 0 Å². The number of carboxylic acids is 1. The van der Waals surface area contributed by atoms with Crippen LogP contribution in [-0.4, -0.2) is 32.5 Å². The first-order valence-corrected chi connectivity index (χ1v) is 7.19. The number of H-pyrrole nitrogens is 1. The molecule has 1 atom stereocenters. The summed E-state index contributed by atoms with van der Waals surface area (Å²) in [5.41, 5.74) is 2.34. The number of benzene rings is 1. The van der Waals surface area contributed by atoms with Crippen molar-refractivity contribution >= 4 is 16.9 Å². The summed E-state index contributed by atoms with van der Waals surface area (Å²) in [6.45, 7) is 1.11. The average molecular weight is 297 g/mol. The van der Waals surface area contributed by atoms with Crippen LogP contribution in [0.15, 0.2) is 41.1 Å². The molecule has 0 amide bonds. The number of rotatable bonds is 3. The van der Waals surface area contributed by atoms with Crippen molar-refractivity contribution in [1.82, 2.24) is 14.9 Å². The van der Waals surface area contributed by atoms with E-state index < -0.39 is 12.0 Å². The van der Waals surface area contributed by atoms with E-state index in [0.29, 0.717) is 18.8 Å². The molecule has 0 fully saturated rings. The Bertz CT molecular complexity index is 803. The highest BCUT2D eigenvalue weighted by atomic mass is 16.4. The molecule has 0 saturated carbocycles. The Morgan fingerprint density at radius 2 is 2.32 bits per heavy atom. The topological polar surface area (TPSA) is 82.4 Å². The molecule has 0 bridgehead atoms. The molecule has 0 radical (unpaired) electrons. The van der Waals surface area contributed by atoms with Crippen LogP contribution in [0.25, 0.3) is 11.0 Å². The van der Waals surface area contributed by atoms with Gasteiger partial charge in [0.1, 0.15) is 11.3 Å². The van der Waals surface area contributed by atoms with Crippen molar-refractivity contribution in [2.24, 2.45) is 0 Å². The maximum absolute atomic E-state index is 11.7. The Morgan fingerprint density at radius 3 is 3.14 bits per heavy atom. The van der Waals surface area contributed by atoms with Crippen LogP contribution < -0.4 is 0 Å². The number of carboxylic acid groups (broad SMARTS) is 1. The normalized spacial score (nSPS) is 18.5. The molecule has 0 saturated heterocycles. The lowest BCUT2D eigenvalue weighted by atomic mass is 10.0. The molecule has 6 nitrogen and oxygen atoms in total. The molecule has 3 aromatic rings. The Morgan fingerprint density at radius 1 is 1.45 bits per heavy atom. The third-order valence-electron chi connectivity index (χ3n) is 4.09. The number of furan rings is 1. The number of aromatic amines is 1. The van der Waals surface area contributed by atoms with Crippen LogP contribution in [0, 0.1) is 0 Å². The average Bonchev–Trinajstić information content (AvgIpc) is 3.11. The second-order valence-corrected chi connectivity index (χ2v) is 5.48. The predicted octanol–water partition coefficient (Wildman–Crippen LogP) is 2.34. The number of aliphatic carboxylic acids is 1. The molecule has 4 rings (SSSR count). The third kappa shape index (κ3) is 2.08. The highest BCUT2D eigenvalue weighted by Gasteiger charge is 2.35. The van der Waals surface area contributed by atoms with E-state index in [0.717, 1.165) is 28.8 Å². The molecule has 2 aromatic heterocycles. The van der Waals surface area contributed by atoms with Crippen LogP contribution in [0.5, 0.6) is 0 Å². The summed E-state index contributed by atoms with van der Waals surface area (Å²) in [4.78, 5) is 20.8. The van der Waals surface area contributed by atoms with Crippen molar-refractivity contribution in [2.75, 3.05) is 6.54 Å². The van der Waals surface area contributed by atoms with E-state index in [1.165, 1.54) is 0 Å². The number of imidazole rings is 1. The molecular weight excluding hydrogens is 282 g/mol. The van der Waals surface area contributed by atoms with E-state index in [-0.39, 0.29) is 0 Å². The van der Waals surface area contributed by atoms with Gasteiger partial charge in [-0.1, -0.05) is 18.2 Å². The second-order valence-electron chi connectivity index (χ2n) is 5.48. The van der Waals surface area contributed by atoms with Gasteiger partial charge in [0, 0.05) is 24.0 Å². The maximum atomic E-state index is 11.7. The van der Waals surface area contributed by atoms with Gasteiger partial charge in [0.25, 0.3) is 0 Å². The zero-order chi connectivity index (χ0) is 15.1. The summed E-state index contributed by atoms with van der Waals surface area (Å²) >= 11 is 0. The van der Waals surface area contributed by atoms with E-state index in [4.69, 9.17) is 4.42 Å². The van der Waals surface area contributed by atoms with Crippen LogP contribution in [0.4, 0.5) is 0 Å². The van der Waals surface area contributed by atoms with Gasteiger partial charge in [-0.05, 0) is 12.1 Å². The molecule has 6 heteroatoms. The van der Waals surface area contributed by atoms with Crippen LogP contribution in [0.3, 0.4) is 0 Å². The largest absolute Gasteiger partial charge is 0.480 e. The number of carbonyl (C=O) groups is 1. The molecule has 112 valence electrons. The van der Waals surface area contributed by atoms with Crippen LogP contribution in [0.1, 0.15) is 23.2 Å². The zero-order valence-electron chi connectivity index (χ0n) is 11.8. The summed E-state index contributed by atoms with van der Waals surface area (Å²) in [6, 6.07) is 9.01. The number of fused-ring (bicyclic) bond motifs is 2. The van der Waals surface area contributed by atoms with Gasteiger partial charge in [-0.2, -0.15) is 0 Å². The lowest BCUT2D eigenvalue weighted by Crippen LogP contribution is -2.39. The van der Waals surface area contributed by atoms with Gasteiger partial charge in [0.15, 0.2) is 6.04 Å². The lowest BCUT2D eigenvalue weighted by molar-refractivity contribution is -0.144. The molecule has 1 aromatic carbocycles. The molecule has 22 heavy (non-hydrogen) atoms. The van der Waals surface area contributed by atoms with E-state index in [1.807, 2.05) is 35.2 Å². The van der Waals surface area contributed by atoms with Gasteiger partial charge >= 0.3 is 5.97 Å². The summed E-state index contributed by atoms with van der Waals surface area (Å²) in [6.07, 6.45) is 2.32. The second kappa shape index (κ2) is 4.99. The summed E-state index contributed by atoms with van der Waals surface area (Å²) in [5.74, 6) is -0.115. The third-order valence-corrected chi connectivity index (χ3v) is 4.09. The summed E-state index contributed by atoms with van der Waals surface area (Å²) in [7, 11) is 0. The number of para-hydroxylation sites is 1. The van der Waals surface area contributed by atoms with Crippen LogP contribution >= 0.6 is 0 Å². The van der Waals surface area contributed by atoms with Gasteiger partial charge in [-0.25, -0.2) is 4.98 Å². The molecule has 1 aliphatic heterocycles. The molecular formula is C16H15N3O3. The fraction of sp³-hybridized carbons (Fsp3) is 0.250. The number of hydrogen-bond donors (Lipinski definition) is 2. The number of aromatic nitrogens is 2. The fourth-order valence-electron chi connectivity index (χ4n) is 3.08. The first-order chi connectivity index (χ1) is 10.7. The minimum Gasteiger partial charge on any atom is -0.480 e. The number of nitrogens with one attached hydrogen (secondary N) is 1. The molecule has 1 unspecified atom stereocenters. The smallest absolute Gasteiger partial charge is 0.327 e. The Kier molecular flexibility index (Phi) is 2.97. The van der Waals surface area contributed by atoms with E-state index in [1.54, 1.807) is 6.33 Å². The van der Waals surface area contributed by atoms with Crippen molar-refractivity contribution in [1.29, 1.82) is 0 Å². The highest BCUT2D eigenvalue weighted by Crippen LogP contribution is 2.30. The highest BCUT2D eigenvalue weighted by molar-refractivity contribution is 5.78. The van der Waals surface area contributed by atoms with Crippen molar-refractivity contribution in [3.8, 4) is 0 Å². The molecule has 3 heterocycles. The molecule has 0 spiro atoms. The van der Waals surface area contributed by atoms with Crippen molar-refractivity contribution in [3.05, 3.63) is 53.8 Å². The molecule has 2 N–H and O–H groups in total. The Balaban J connectivity index is 1.65. The molecule has 1 aliphatic rings. The van der Waals surface area contributed by atoms with E-state index >= 15 is 0 Å².